The Balaban J connectivity index is 1.87. The first-order chi connectivity index (χ1) is 14.2. The molecule has 0 aliphatic carbocycles. The molecule has 0 spiro atoms. The highest BCUT2D eigenvalue weighted by atomic mass is 19.1. The molecule has 0 bridgehead atoms. The van der Waals surface area contributed by atoms with Gasteiger partial charge in [0.1, 0.15) is 11.4 Å². The lowest BCUT2D eigenvalue weighted by atomic mass is 9.99. The van der Waals surface area contributed by atoms with Gasteiger partial charge >= 0.3 is 5.97 Å². The molecule has 1 aromatic heterocycles. The summed E-state index contributed by atoms with van der Waals surface area (Å²) in [6.45, 7) is 3.38. The largest absolute Gasteiger partial charge is 0.477 e. The molecule has 1 aromatic carbocycles. The molecule has 30 heavy (non-hydrogen) atoms. The van der Waals surface area contributed by atoms with Crippen LogP contribution in [-0.4, -0.2) is 60.9 Å². The Bertz CT molecular complexity index is 1110. The molecule has 4 rings (SSSR count). The van der Waals surface area contributed by atoms with Gasteiger partial charge in [0.2, 0.25) is 11.3 Å². The molecule has 1 saturated heterocycles. The Morgan fingerprint density at radius 3 is 2.77 bits per heavy atom. The number of anilines is 1. The van der Waals surface area contributed by atoms with Crippen LogP contribution in [0.4, 0.5) is 10.1 Å². The van der Waals surface area contributed by atoms with Crippen LogP contribution in [0.1, 0.15) is 22.8 Å². The number of nitrogens with one attached hydrogen (secondary N) is 1. The lowest BCUT2D eigenvalue weighted by Gasteiger charge is -2.33. The van der Waals surface area contributed by atoms with E-state index in [0.717, 1.165) is 6.07 Å². The van der Waals surface area contributed by atoms with Crippen LogP contribution in [0.5, 0.6) is 0 Å². The number of aromatic carboxylic acids is 1. The molecule has 9 nitrogen and oxygen atoms in total. The fourth-order valence-electron chi connectivity index (χ4n) is 4.49. The third-order valence-electron chi connectivity index (χ3n) is 6.04. The van der Waals surface area contributed by atoms with E-state index in [-0.39, 0.29) is 29.8 Å². The van der Waals surface area contributed by atoms with Gasteiger partial charge in [-0.15, -0.1) is 0 Å². The number of carboxylic acids is 1. The number of rotatable bonds is 4. The summed E-state index contributed by atoms with van der Waals surface area (Å²) < 4.78 is 16.9. The molecular formula is C20H24FN5O4. The number of nitrogens with zero attached hydrogens (tertiary/aromatic N) is 3. The second-order valence-electron chi connectivity index (χ2n) is 7.99. The van der Waals surface area contributed by atoms with Crippen LogP contribution in [0.2, 0.25) is 0 Å². The lowest BCUT2D eigenvalue weighted by molar-refractivity contribution is -0.120. The zero-order valence-corrected chi connectivity index (χ0v) is 16.8. The summed E-state index contributed by atoms with van der Waals surface area (Å²) in [5.74, 6) is -2.08. The summed E-state index contributed by atoms with van der Waals surface area (Å²) in [4.78, 5) is 37.8. The number of halogens is 1. The van der Waals surface area contributed by atoms with Gasteiger partial charge < -0.3 is 26.1 Å². The smallest absolute Gasteiger partial charge is 0.341 e. The van der Waals surface area contributed by atoms with Gasteiger partial charge in [0.15, 0.2) is 0 Å². The first-order valence-corrected chi connectivity index (χ1v) is 9.82. The number of carbonyl (C=O) groups excluding carboxylic acids is 1. The third kappa shape index (κ3) is 3.07. The third-order valence-corrected chi connectivity index (χ3v) is 6.04. The number of hydrogen-bond acceptors (Lipinski definition) is 6. The van der Waals surface area contributed by atoms with E-state index in [9.17, 15) is 19.5 Å². The van der Waals surface area contributed by atoms with E-state index in [1.54, 1.807) is 16.7 Å². The van der Waals surface area contributed by atoms with Gasteiger partial charge in [-0.25, -0.2) is 9.18 Å². The van der Waals surface area contributed by atoms with Crippen molar-refractivity contribution in [2.75, 3.05) is 43.1 Å². The van der Waals surface area contributed by atoms with Gasteiger partial charge in [-0.2, -0.15) is 0 Å². The maximum atomic E-state index is 15.3. The van der Waals surface area contributed by atoms with Gasteiger partial charge in [0.25, 0.3) is 0 Å². The molecule has 0 radical (unpaired) electrons. The highest BCUT2D eigenvalue weighted by molar-refractivity contribution is 5.95. The minimum atomic E-state index is -1.34. The van der Waals surface area contributed by atoms with Crippen molar-refractivity contribution in [1.82, 2.24) is 9.99 Å². The van der Waals surface area contributed by atoms with Crippen molar-refractivity contribution < 1.29 is 19.1 Å². The molecule has 3 heterocycles. The van der Waals surface area contributed by atoms with E-state index in [1.807, 2.05) is 11.8 Å². The minimum Gasteiger partial charge on any atom is -0.477 e. The first kappa shape index (κ1) is 20.1. The van der Waals surface area contributed by atoms with Crippen LogP contribution in [0, 0.1) is 11.7 Å². The van der Waals surface area contributed by atoms with E-state index in [1.165, 1.54) is 6.20 Å². The lowest BCUT2D eigenvalue weighted by Crippen LogP contribution is -2.43. The molecule has 160 valence electrons. The van der Waals surface area contributed by atoms with Crippen molar-refractivity contribution in [2.24, 2.45) is 11.7 Å². The van der Waals surface area contributed by atoms with Crippen LogP contribution >= 0.6 is 0 Å². The number of aromatic nitrogens is 1. The number of likely N-dealkylation sites (N-methyl/N-ethyl adjacent to an activating group) is 1. The SMILES string of the molecule is C[C@H]1CN(c2c(F)cc3c(=O)c(C(=O)O)cn4c3c2CCN4C)C[C@H]1NC(=O)CN. The molecule has 2 aliphatic heterocycles. The summed E-state index contributed by atoms with van der Waals surface area (Å²) in [5, 5.41) is 14.1. The summed E-state index contributed by atoms with van der Waals surface area (Å²) in [6.07, 6.45) is 1.81. The summed E-state index contributed by atoms with van der Waals surface area (Å²) in [7, 11) is 1.79. The molecule has 10 heteroatoms. The van der Waals surface area contributed by atoms with Gasteiger partial charge in [-0.1, -0.05) is 6.92 Å². The minimum absolute atomic E-state index is 0.0536. The van der Waals surface area contributed by atoms with Crippen molar-refractivity contribution in [1.29, 1.82) is 0 Å². The van der Waals surface area contributed by atoms with Crippen LogP contribution in [0.25, 0.3) is 10.9 Å². The quantitative estimate of drug-likeness (QED) is 0.633. The average Bonchev–Trinajstić information content (AvgIpc) is 3.05. The summed E-state index contributed by atoms with van der Waals surface area (Å²) in [6, 6.07) is 0.973. The van der Waals surface area contributed by atoms with Gasteiger partial charge in [-0.05, 0) is 18.4 Å². The first-order valence-electron chi connectivity index (χ1n) is 9.82. The van der Waals surface area contributed by atoms with E-state index < -0.39 is 22.8 Å². The summed E-state index contributed by atoms with van der Waals surface area (Å²) >= 11 is 0. The Hall–Kier alpha value is -3.14. The Labute approximate surface area is 171 Å². The van der Waals surface area contributed by atoms with Gasteiger partial charge in [0.05, 0.1) is 29.2 Å². The summed E-state index contributed by atoms with van der Waals surface area (Å²) in [5.41, 5.74) is 5.91. The maximum absolute atomic E-state index is 15.3. The number of nitrogens with two attached hydrogens (primary N) is 1. The second kappa shape index (κ2) is 7.28. The molecular weight excluding hydrogens is 393 g/mol. The number of amides is 1. The van der Waals surface area contributed by atoms with Crippen LogP contribution in [0.3, 0.4) is 0 Å². The van der Waals surface area contributed by atoms with E-state index in [2.05, 4.69) is 5.32 Å². The molecule has 1 amide bonds. The number of carbonyl (C=O) groups is 2. The molecule has 4 N–H and O–H groups in total. The van der Waals surface area contributed by atoms with E-state index >= 15 is 4.39 Å². The topological polar surface area (TPSA) is 121 Å². The Morgan fingerprint density at radius 2 is 2.10 bits per heavy atom. The molecule has 2 aliphatic rings. The van der Waals surface area contributed by atoms with Gasteiger partial charge in [-0.3, -0.25) is 14.3 Å². The highest BCUT2D eigenvalue weighted by Gasteiger charge is 2.35. The molecule has 2 aromatic rings. The fourth-order valence-corrected chi connectivity index (χ4v) is 4.49. The molecule has 2 atom stereocenters. The van der Waals surface area contributed by atoms with Crippen molar-refractivity contribution in [2.45, 2.75) is 19.4 Å². The van der Waals surface area contributed by atoms with Gasteiger partial charge in [0, 0.05) is 38.4 Å². The van der Waals surface area contributed by atoms with Crippen LogP contribution < -0.4 is 26.4 Å². The van der Waals surface area contributed by atoms with Crippen molar-refractivity contribution >= 4 is 28.5 Å². The Morgan fingerprint density at radius 1 is 1.37 bits per heavy atom. The van der Waals surface area contributed by atoms with Crippen LogP contribution in [0.15, 0.2) is 17.1 Å². The highest BCUT2D eigenvalue weighted by Crippen LogP contribution is 2.36. The van der Waals surface area contributed by atoms with Crippen molar-refractivity contribution in [3.63, 3.8) is 0 Å². The van der Waals surface area contributed by atoms with E-state index in [0.29, 0.717) is 42.8 Å². The average molecular weight is 417 g/mol. The molecule has 0 unspecified atom stereocenters. The standard InChI is InChI=1S/C20H24FN5O4/c1-10-7-25(9-15(10)23-16(27)6-22)18-11-3-4-24(2)26-8-13(20(29)30)19(28)12(17(11)26)5-14(18)21/h5,8,10,15H,3-4,6-7,9,22H2,1-2H3,(H,23,27)(H,29,30)/t10-,15+/m0/s1. The zero-order valence-electron chi connectivity index (χ0n) is 16.8. The number of pyridine rings is 1. The normalized spacial score (nSPS) is 20.7. The van der Waals surface area contributed by atoms with E-state index in [4.69, 9.17) is 5.73 Å². The predicted octanol–water partition coefficient (Wildman–Crippen LogP) is -0.138. The van der Waals surface area contributed by atoms with Crippen LogP contribution in [-0.2, 0) is 11.2 Å². The number of benzene rings is 1. The molecule has 0 saturated carbocycles. The monoisotopic (exact) mass is 417 g/mol. The Kier molecular flexibility index (Phi) is 4.89. The fraction of sp³-hybridized carbons (Fsp3) is 0.450. The maximum Gasteiger partial charge on any atom is 0.341 e. The van der Waals surface area contributed by atoms with Crippen molar-refractivity contribution in [3.05, 3.63) is 39.4 Å². The second-order valence-corrected chi connectivity index (χ2v) is 7.99. The number of carboxylic acid groups (broad SMARTS) is 1. The van der Waals surface area contributed by atoms with Crippen molar-refractivity contribution in [3.8, 4) is 0 Å². The predicted molar refractivity (Wildman–Crippen MR) is 110 cm³/mol. The zero-order chi connectivity index (χ0) is 21.7. The molecule has 1 fully saturated rings. The number of hydrogen-bond donors (Lipinski definition) is 3.